The Morgan fingerprint density at radius 2 is 1.95 bits per heavy atom. The van der Waals surface area contributed by atoms with Gasteiger partial charge in [0.05, 0.1) is 11.0 Å². The molecule has 0 amide bonds. The van der Waals surface area contributed by atoms with Crippen LogP contribution in [0, 0.1) is 0 Å². The Bertz CT molecular complexity index is 461. The molecule has 0 aromatic carbocycles. The lowest BCUT2D eigenvalue weighted by Gasteiger charge is -2.35. The highest BCUT2D eigenvalue weighted by Gasteiger charge is 2.32. The molecule has 6 nitrogen and oxygen atoms in total. The van der Waals surface area contributed by atoms with E-state index in [1.54, 1.807) is 6.20 Å². The third kappa shape index (κ3) is 3.93. The quantitative estimate of drug-likeness (QED) is 0.628. The SMILES string of the molecule is NNc1ncc(Br)c(N2CCN(CC(F)(F)F)CC2)n1. The zero-order chi connectivity index (χ0) is 14.8. The molecule has 20 heavy (non-hydrogen) atoms. The molecule has 0 spiro atoms. The van der Waals surface area contributed by atoms with E-state index >= 15 is 0 Å². The van der Waals surface area contributed by atoms with E-state index < -0.39 is 12.7 Å². The second kappa shape index (κ2) is 6.10. The summed E-state index contributed by atoms with van der Waals surface area (Å²) < 4.78 is 37.6. The van der Waals surface area contributed by atoms with E-state index in [1.165, 1.54) is 4.90 Å². The highest BCUT2D eigenvalue weighted by molar-refractivity contribution is 9.10. The summed E-state index contributed by atoms with van der Waals surface area (Å²) in [5, 5.41) is 0. The summed E-state index contributed by atoms with van der Waals surface area (Å²) in [5.74, 6) is 6.14. The first-order chi connectivity index (χ1) is 9.39. The minimum Gasteiger partial charge on any atom is -0.353 e. The van der Waals surface area contributed by atoms with Gasteiger partial charge in [-0.15, -0.1) is 0 Å². The summed E-state index contributed by atoms with van der Waals surface area (Å²) in [7, 11) is 0. The lowest BCUT2D eigenvalue weighted by atomic mass is 10.3. The fraction of sp³-hybridized carbons (Fsp3) is 0.600. The van der Waals surface area contributed by atoms with Gasteiger partial charge < -0.3 is 4.90 Å². The Morgan fingerprint density at radius 3 is 2.50 bits per heavy atom. The van der Waals surface area contributed by atoms with Crippen LogP contribution in [0.15, 0.2) is 10.7 Å². The van der Waals surface area contributed by atoms with Gasteiger partial charge in [-0.1, -0.05) is 0 Å². The van der Waals surface area contributed by atoms with Crippen molar-refractivity contribution in [3.63, 3.8) is 0 Å². The van der Waals surface area contributed by atoms with Crippen LogP contribution in [0.3, 0.4) is 0 Å². The van der Waals surface area contributed by atoms with Crippen LogP contribution in [0.1, 0.15) is 0 Å². The van der Waals surface area contributed by atoms with Gasteiger partial charge in [-0.2, -0.15) is 18.2 Å². The molecule has 0 unspecified atom stereocenters. The topological polar surface area (TPSA) is 70.3 Å². The van der Waals surface area contributed by atoms with Gasteiger partial charge in [0.1, 0.15) is 5.82 Å². The van der Waals surface area contributed by atoms with Crippen molar-refractivity contribution in [3.8, 4) is 0 Å². The van der Waals surface area contributed by atoms with E-state index in [2.05, 4.69) is 31.3 Å². The molecule has 0 radical (unpaired) electrons. The van der Waals surface area contributed by atoms with Gasteiger partial charge in [0.25, 0.3) is 0 Å². The molecule has 1 aliphatic heterocycles. The Kier molecular flexibility index (Phi) is 4.66. The van der Waals surface area contributed by atoms with E-state index in [1.807, 2.05) is 4.90 Å². The van der Waals surface area contributed by atoms with Crippen LogP contribution < -0.4 is 16.2 Å². The molecular formula is C10H14BrF3N6. The number of alkyl halides is 3. The fourth-order valence-corrected chi connectivity index (χ4v) is 2.46. The van der Waals surface area contributed by atoms with Crippen LogP contribution in [-0.2, 0) is 0 Å². The average molecular weight is 355 g/mol. The Labute approximate surface area is 122 Å². The fourth-order valence-electron chi connectivity index (χ4n) is 2.02. The number of nitrogens with zero attached hydrogens (tertiary/aromatic N) is 4. The lowest BCUT2D eigenvalue weighted by molar-refractivity contribution is -0.146. The van der Waals surface area contributed by atoms with Gasteiger partial charge >= 0.3 is 6.18 Å². The van der Waals surface area contributed by atoms with Crippen molar-refractivity contribution < 1.29 is 13.2 Å². The summed E-state index contributed by atoms with van der Waals surface area (Å²) in [6.45, 7) is 0.732. The zero-order valence-corrected chi connectivity index (χ0v) is 12.1. The van der Waals surface area contributed by atoms with E-state index in [-0.39, 0.29) is 5.95 Å². The number of nitrogen functional groups attached to an aromatic ring is 1. The molecule has 112 valence electrons. The molecule has 3 N–H and O–H groups in total. The van der Waals surface area contributed by atoms with E-state index in [4.69, 9.17) is 5.84 Å². The number of hydrazine groups is 1. The second-order valence-electron chi connectivity index (χ2n) is 4.39. The van der Waals surface area contributed by atoms with E-state index in [0.717, 1.165) is 0 Å². The molecule has 1 aromatic heterocycles. The molecule has 1 aliphatic rings. The maximum Gasteiger partial charge on any atom is 0.401 e. The van der Waals surface area contributed by atoms with Crippen molar-refractivity contribution in [1.82, 2.24) is 14.9 Å². The Hall–Kier alpha value is -1.13. The first kappa shape index (κ1) is 15.3. The van der Waals surface area contributed by atoms with Crippen molar-refractivity contribution in [1.29, 1.82) is 0 Å². The van der Waals surface area contributed by atoms with Crippen molar-refractivity contribution in [2.24, 2.45) is 5.84 Å². The molecular weight excluding hydrogens is 341 g/mol. The highest BCUT2D eigenvalue weighted by Crippen LogP contribution is 2.26. The minimum atomic E-state index is -4.16. The van der Waals surface area contributed by atoms with Crippen LogP contribution >= 0.6 is 15.9 Å². The molecule has 2 rings (SSSR count). The minimum absolute atomic E-state index is 0.265. The maximum atomic E-state index is 12.3. The average Bonchev–Trinajstić information content (AvgIpc) is 2.39. The van der Waals surface area contributed by atoms with Crippen molar-refractivity contribution in [2.75, 3.05) is 43.0 Å². The maximum absolute atomic E-state index is 12.3. The molecule has 1 saturated heterocycles. The summed E-state index contributed by atoms with van der Waals surface area (Å²) >= 11 is 3.33. The third-order valence-corrected chi connectivity index (χ3v) is 3.49. The predicted octanol–water partition coefficient (Wildman–Crippen LogP) is 1.21. The monoisotopic (exact) mass is 354 g/mol. The molecule has 1 fully saturated rings. The summed E-state index contributed by atoms with van der Waals surface area (Å²) in [5.41, 5.74) is 2.34. The number of anilines is 2. The number of aromatic nitrogens is 2. The summed E-state index contributed by atoms with van der Waals surface area (Å²) in [6.07, 6.45) is -2.60. The van der Waals surface area contributed by atoms with Crippen LogP contribution in [0.2, 0.25) is 0 Å². The smallest absolute Gasteiger partial charge is 0.353 e. The van der Waals surface area contributed by atoms with Gasteiger partial charge in [-0.3, -0.25) is 10.3 Å². The molecule has 2 heterocycles. The largest absolute Gasteiger partial charge is 0.401 e. The molecule has 0 bridgehead atoms. The van der Waals surface area contributed by atoms with Crippen LogP contribution in [0.25, 0.3) is 0 Å². The van der Waals surface area contributed by atoms with Crippen molar-refractivity contribution in [3.05, 3.63) is 10.7 Å². The standard InChI is InChI=1S/C10H14BrF3N6/c11-7-5-16-9(18-15)17-8(7)20-3-1-19(2-4-20)6-10(12,13)14/h5H,1-4,6,15H2,(H,16,17,18). The number of hydrogen-bond donors (Lipinski definition) is 2. The summed E-state index contributed by atoms with van der Waals surface area (Å²) in [6, 6.07) is 0. The van der Waals surface area contributed by atoms with Gasteiger partial charge in [-0.25, -0.2) is 10.8 Å². The van der Waals surface area contributed by atoms with E-state index in [9.17, 15) is 13.2 Å². The van der Waals surface area contributed by atoms with Crippen molar-refractivity contribution >= 4 is 27.7 Å². The first-order valence-electron chi connectivity index (χ1n) is 5.92. The predicted molar refractivity (Wildman–Crippen MR) is 72.3 cm³/mol. The van der Waals surface area contributed by atoms with Gasteiger partial charge in [-0.05, 0) is 15.9 Å². The molecule has 10 heteroatoms. The van der Waals surface area contributed by atoms with Crippen LogP contribution in [0.4, 0.5) is 24.9 Å². The third-order valence-electron chi connectivity index (χ3n) is 2.93. The number of piperazine rings is 1. The molecule has 0 aliphatic carbocycles. The molecule has 0 saturated carbocycles. The normalized spacial score (nSPS) is 17.4. The Balaban J connectivity index is 2.00. The Morgan fingerprint density at radius 1 is 1.30 bits per heavy atom. The van der Waals surface area contributed by atoms with Gasteiger partial charge in [0.2, 0.25) is 5.95 Å². The number of halogens is 4. The van der Waals surface area contributed by atoms with Gasteiger partial charge in [0.15, 0.2) is 0 Å². The van der Waals surface area contributed by atoms with Gasteiger partial charge in [0, 0.05) is 32.4 Å². The lowest BCUT2D eigenvalue weighted by Crippen LogP contribution is -2.49. The number of nitrogens with one attached hydrogen (secondary N) is 1. The highest BCUT2D eigenvalue weighted by atomic mass is 79.9. The first-order valence-corrected chi connectivity index (χ1v) is 6.71. The number of nitrogens with two attached hydrogens (primary N) is 1. The number of rotatable bonds is 3. The number of hydrogen-bond acceptors (Lipinski definition) is 6. The van der Waals surface area contributed by atoms with E-state index in [0.29, 0.717) is 36.5 Å². The molecule has 0 atom stereocenters. The second-order valence-corrected chi connectivity index (χ2v) is 5.24. The summed E-state index contributed by atoms with van der Waals surface area (Å²) in [4.78, 5) is 11.4. The zero-order valence-electron chi connectivity index (χ0n) is 10.5. The van der Waals surface area contributed by atoms with Crippen LogP contribution in [0.5, 0.6) is 0 Å². The molecule has 1 aromatic rings. The van der Waals surface area contributed by atoms with Crippen LogP contribution in [-0.4, -0.2) is 53.8 Å². The van der Waals surface area contributed by atoms with Crippen molar-refractivity contribution in [2.45, 2.75) is 6.18 Å².